The number of anilines is 2. The van der Waals surface area contributed by atoms with Gasteiger partial charge in [-0.05, 0) is 36.8 Å². The fraction of sp³-hybridized carbons (Fsp3) is 0.357. The van der Waals surface area contributed by atoms with Crippen molar-refractivity contribution in [2.24, 2.45) is 5.16 Å². The summed E-state index contributed by atoms with van der Waals surface area (Å²) in [5.74, 6) is -4.76. The molecule has 2 aliphatic rings. The van der Waals surface area contributed by atoms with Gasteiger partial charge in [0.25, 0.3) is 17.7 Å². The maximum Gasteiger partial charge on any atom is 0.275 e. The van der Waals surface area contributed by atoms with Gasteiger partial charge in [0.15, 0.2) is 0 Å². The van der Waals surface area contributed by atoms with E-state index in [1.54, 1.807) is 37.3 Å². The zero-order valence-electron chi connectivity index (χ0n) is 21.8. The van der Waals surface area contributed by atoms with E-state index in [2.05, 4.69) is 15.3 Å². The van der Waals surface area contributed by atoms with Crippen molar-refractivity contribution in [1.29, 1.82) is 0 Å². The average Bonchev–Trinajstić information content (AvgIpc) is 3.05. The summed E-state index contributed by atoms with van der Waals surface area (Å²) in [6.07, 6.45) is 0.708. The lowest BCUT2D eigenvalue weighted by atomic mass is 9.96. The van der Waals surface area contributed by atoms with Crippen molar-refractivity contribution < 1.29 is 32.7 Å². The van der Waals surface area contributed by atoms with Crippen molar-refractivity contribution in [2.45, 2.75) is 25.7 Å². The molecule has 2 aromatic rings. The van der Waals surface area contributed by atoms with Crippen LogP contribution >= 0.6 is 0 Å². The van der Waals surface area contributed by atoms with Crippen molar-refractivity contribution in [3.05, 3.63) is 65.7 Å². The first-order valence-electron chi connectivity index (χ1n) is 12.6. The fourth-order valence-corrected chi connectivity index (χ4v) is 4.47. The molecule has 0 spiro atoms. The second-order valence-electron chi connectivity index (χ2n) is 9.03. The van der Waals surface area contributed by atoms with Crippen LogP contribution < -0.4 is 10.2 Å². The smallest absolute Gasteiger partial charge is 0.275 e. The van der Waals surface area contributed by atoms with Crippen molar-refractivity contribution in [3.63, 3.8) is 0 Å². The van der Waals surface area contributed by atoms with Crippen LogP contribution in [0.5, 0.6) is 0 Å². The minimum Gasteiger partial charge on any atom is -0.399 e. The van der Waals surface area contributed by atoms with Crippen LogP contribution in [0.25, 0.3) is 5.57 Å². The average molecular weight is 541 g/mol. The number of benzene rings is 2. The van der Waals surface area contributed by atoms with Gasteiger partial charge in [-0.25, -0.2) is 8.78 Å². The topological polar surface area (TPSA) is 101 Å². The monoisotopic (exact) mass is 540 g/mol. The van der Waals surface area contributed by atoms with Gasteiger partial charge in [0, 0.05) is 54.5 Å². The molecule has 3 amide bonds. The highest BCUT2D eigenvalue weighted by molar-refractivity contribution is 6.42. The highest BCUT2D eigenvalue weighted by Crippen LogP contribution is 2.43. The predicted octanol–water partition coefficient (Wildman–Crippen LogP) is 3.97. The number of hydrogen-bond donors (Lipinski definition) is 1. The van der Waals surface area contributed by atoms with Crippen LogP contribution in [0.3, 0.4) is 0 Å². The van der Waals surface area contributed by atoms with E-state index in [0.717, 1.165) is 6.08 Å². The number of carbonyl (C=O) groups excluding carboxylic acids is 3. The lowest BCUT2D eigenvalue weighted by molar-refractivity contribution is -0.130. The molecule has 1 N–H and O–H groups in total. The lowest BCUT2D eigenvalue weighted by Crippen LogP contribution is -2.40. The number of allylic oxidation sites excluding steroid dienone is 1. The number of para-hydroxylation sites is 1. The second-order valence-corrected chi connectivity index (χ2v) is 9.03. The Morgan fingerprint density at radius 2 is 1.77 bits per heavy atom. The van der Waals surface area contributed by atoms with Gasteiger partial charge >= 0.3 is 0 Å². The van der Waals surface area contributed by atoms with E-state index in [1.165, 1.54) is 35.1 Å². The van der Waals surface area contributed by atoms with Crippen molar-refractivity contribution in [1.82, 2.24) is 4.90 Å². The number of rotatable bonds is 6. The van der Waals surface area contributed by atoms with Gasteiger partial charge in [-0.15, -0.1) is 0 Å². The molecule has 206 valence electrons. The number of oxime groups is 1. The lowest BCUT2D eigenvalue weighted by Gasteiger charge is -2.27. The molecular formula is C28H30F2N4O5. The normalized spacial score (nSPS) is 18.3. The highest BCUT2D eigenvalue weighted by Gasteiger charge is 2.41. The minimum absolute atomic E-state index is 0.128. The van der Waals surface area contributed by atoms with E-state index < -0.39 is 35.6 Å². The molecule has 0 bridgehead atoms. The van der Waals surface area contributed by atoms with Crippen LogP contribution in [0.4, 0.5) is 20.2 Å². The Morgan fingerprint density at radius 3 is 2.44 bits per heavy atom. The summed E-state index contributed by atoms with van der Waals surface area (Å²) in [5, 5.41) is 6.37. The molecule has 2 aromatic carbocycles. The molecule has 0 unspecified atom stereocenters. The third-order valence-electron chi connectivity index (χ3n) is 6.55. The van der Waals surface area contributed by atoms with Gasteiger partial charge in [0.2, 0.25) is 5.91 Å². The zero-order valence-corrected chi connectivity index (χ0v) is 21.8. The van der Waals surface area contributed by atoms with Crippen LogP contribution in [-0.2, 0) is 19.2 Å². The van der Waals surface area contributed by atoms with Crippen LogP contribution in [0.15, 0.2) is 59.8 Å². The first-order valence-corrected chi connectivity index (χ1v) is 12.6. The number of morpholine rings is 1. The van der Waals surface area contributed by atoms with E-state index in [9.17, 15) is 14.4 Å². The number of hydrogen-bond acceptors (Lipinski definition) is 6. The van der Waals surface area contributed by atoms with E-state index in [1.807, 2.05) is 0 Å². The Kier molecular flexibility index (Phi) is 8.70. The molecule has 0 aromatic heterocycles. The van der Waals surface area contributed by atoms with E-state index in [-0.39, 0.29) is 23.4 Å². The number of nitrogens with one attached hydrogen (secondary N) is 1. The SMILES string of the molecule is CC/C(=N/OC)C(=O)Nc1ccc(C(=O)N2CCC(F)(F)C(=CC(=O)N3CCOCC3)c3ccccc32)cc1. The predicted molar refractivity (Wildman–Crippen MR) is 143 cm³/mol. The molecule has 11 heteroatoms. The summed E-state index contributed by atoms with van der Waals surface area (Å²) in [6, 6.07) is 12.5. The van der Waals surface area contributed by atoms with Crippen LogP contribution in [-0.4, -0.2) is 74.2 Å². The molecule has 9 nitrogen and oxygen atoms in total. The summed E-state index contributed by atoms with van der Waals surface area (Å²) in [7, 11) is 1.35. The van der Waals surface area contributed by atoms with Crippen molar-refractivity contribution in [2.75, 3.05) is 50.2 Å². The van der Waals surface area contributed by atoms with E-state index in [4.69, 9.17) is 4.74 Å². The first-order chi connectivity index (χ1) is 18.7. The fourth-order valence-electron chi connectivity index (χ4n) is 4.47. The number of alkyl halides is 2. The van der Waals surface area contributed by atoms with Crippen LogP contribution in [0.1, 0.15) is 35.7 Å². The molecule has 2 aliphatic heterocycles. The van der Waals surface area contributed by atoms with Gasteiger partial charge in [-0.1, -0.05) is 30.3 Å². The third kappa shape index (κ3) is 6.31. The van der Waals surface area contributed by atoms with Crippen molar-refractivity contribution >= 4 is 40.4 Å². The summed E-state index contributed by atoms with van der Waals surface area (Å²) in [5.41, 5.74) is 0.903. The summed E-state index contributed by atoms with van der Waals surface area (Å²) in [4.78, 5) is 46.2. The van der Waals surface area contributed by atoms with E-state index in [0.29, 0.717) is 44.1 Å². The Hall–Kier alpha value is -4.12. The Morgan fingerprint density at radius 1 is 1.08 bits per heavy atom. The van der Waals surface area contributed by atoms with Crippen LogP contribution in [0.2, 0.25) is 0 Å². The number of nitrogens with zero attached hydrogens (tertiary/aromatic N) is 3. The first kappa shape index (κ1) is 27.9. The van der Waals surface area contributed by atoms with Gasteiger partial charge in [0.1, 0.15) is 12.8 Å². The Labute approximate surface area is 225 Å². The van der Waals surface area contributed by atoms with Gasteiger partial charge in [-0.3, -0.25) is 14.4 Å². The molecule has 1 fully saturated rings. The number of fused-ring (bicyclic) bond motifs is 1. The standard InChI is InChI=1S/C28H30F2N4O5/c1-3-23(32-38-2)26(36)31-20-10-8-19(9-11-20)27(37)34-13-12-28(29,30)22(21-6-4-5-7-24(21)34)18-25(35)33-14-16-39-17-15-33/h4-11,18H,3,12-17H2,1-2H3,(H,31,36)/b22-18?,32-23-. The third-order valence-corrected chi connectivity index (χ3v) is 6.55. The minimum atomic E-state index is -3.33. The quantitative estimate of drug-likeness (QED) is 0.340. The van der Waals surface area contributed by atoms with Crippen LogP contribution in [0, 0.1) is 0 Å². The largest absolute Gasteiger partial charge is 0.399 e. The van der Waals surface area contributed by atoms with Gasteiger partial charge in [-0.2, -0.15) is 0 Å². The summed E-state index contributed by atoms with van der Waals surface area (Å²) in [6.45, 7) is 2.88. The van der Waals surface area contributed by atoms with Gasteiger partial charge in [0.05, 0.1) is 18.9 Å². The maximum absolute atomic E-state index is 15.4. The maximum atomic E-state index is 15.4. The van der Waals surface area contributed by atoms with Crippen molar-refractivity contribution in [3.8, 4) is 0 Å². The number of carbonyl (C=O) groups is 3. The molecule has 0 atom stereocenters. The zero-order chi connectivity index (χ0) is 28.0. The molecule has 2 heterocycles. The summed E-state index contributed by atoms with van der Waals surface area (Å²) >= 11 is 0. The Balaban J connectivity index is 1.60. The number of ether oxygens (including phenoxy) is 1. The molecular weight excluding hydrogens is 510 g/mol. The molecule has 4 rings (SSSR count). The van der Waals surface area contributed by atoms with Gasteiger partial charge < -0.3 is 24.7 Å². The Bertz CT molecular complexity index is 1290. The second kappa shape index (κ2) is 12.2. The molecule has 0 radical (unpaired) electrons. The number of amides is 3. The molecule has 1 saturated heterocycles. The van der Waals surface area contributed by atoms with E-state index >= 15 is 8.78 Å². The molecule has 39 heavy (non-hydrogen) atoms. The molecule has 0 saturated carbocycles. The number of halogens is 2. The summed E-state index contributed by atoms with van der Waals surface area (Å²) < 4.78 is 36.1. The molecule has 0 aliphatic carbocycles. The highest BCUT2D eigenvalue weighted by atomic mass is 19.3.